The highest BCUT2D eigenvalue weighted by atomic mass is 32.2. The van der Waals surface area contributed by atoms with Crippen molar-refractivity contribution in [1.29, 1.82) is 0 Å². The maximum Gasteiger partial charge on any atom is 0.234 e. The summed E-state index contributed by atoms with van der Waals surface area (Å²) in [6.07, 6.45) is 0. The third kappa shape index (κ3) is 5.26. The Balaban J connectivity index is 1.37. The van der Waals surface area contributed by atoms with Crippen LogP contribution < -0.4 is 20.6 Å². The molecule has 10 nitrogen and oxygen atoms in total. The molecule has 0 aliphatic heterocycles. The zero-order valence-electron chi connectivity index (χ0n) is 18.1. The van der Waals surface area contributed by atoms with Gasteiger partial charge in [-0.25, -0.2) is 4.68 Å². The number of anilines is 1. The zero-order chi connectivity index (χ0) is 23.2. The van der Waals surface area contributed by atoms with Crippen LogP contribution in [-0.4, -0.2) is 50.4 Å². The van der Waals surface area contributed by atoms with E-state index in [2.05, 4.69) is 25.7 Å². The minimum Gasteiger partial charge on any atom is -0.497 e. The number of aromatic amines is 1. The average Bonchev–Trinajstić information content (AvgIpc) is 3.46. The summed E-state index contributed by atoms with van der Waals surface area (Å²) in [6.45, 7) is 2.51. The largest absolute Gasteiger partial charge is 0.497 e. The quantitative estimate of drug-likeness (QED) is 0.254. The molecule has 0 fully saturated rings. The van der Waals surface area contributed by atoms with Crippen LogP contribution in [0, 0.1) is 0 Å². The monoisotopic (exact) mass is 465 g/mol. The van der Waals surface area contributed by atoms with Gasteiger partial charge in [-0.05, 0) is 61.5 Å². The van der Waals surface area contributed by atoms with Crippen LogP contribution >= 0.6 is 11.8 Å². The van der Waals surface area contributed by atoms with E-state index in [0.29, 0.717) is 29.0 Å². The van der Waals surface area contributed by atoms with Crippen LogP contribution in [0.2, 0.25) is 0 Å². The fraction of sp³-hybridized carbons (Fsp3) is 0.182. The van der Waals surface area contributed by atoms with E-state index in [1.165, 1.54) is 16.4 Å². The Morgan fingerprint density at radius 3 is 2.55 bits per heavy atom. The fourth-order valence-corrected chi connectivity index (χ4v) is 3.69. The Kier molecular flexibility index (Phi) is 6.79. The number of hydrogen-bond donors (Lipinski definition) is 3. The standard InChI is InChI=1S/C22H23N7O3S/c1-3-32-17-10-6-15(7-11-17)24-20(30)13-33-22-28-27-21(29(22)23)19-12-18(25-26-19)14-4-8-16(31-2)9-5-14/h4-12H,3,13,23H2,1-2H3,(H,24,30)(H,25,26). The maximum absolute atomic E-state index is 12.3. The second-order valence-corrected chi connectivity index (χ2v) is 7.81. The number of thioether (sulfide) groups is 1. The molecule has 2 heterocycles. The molecule has 4 N–H and O–H groups in total. The lowest BCUT2D eigenvalue weighted by molar-refractivity contribution is -0.113. The first-order valence-electron chi connectivity index (χ1n) is 10.1. The van der Waals surface area contributed by atoms with Crippen molar-refractivity contribution >= 4 is 23.4 Å². The molecule has 1 amide bonds. The van der Waals surface area contributed by atoms with E-state index in [-0.39, 0.29) is 11.7 Å². The van der Waals surface area contributed by atoms with Crippen molar-refractivity contribution < 1.29 is 14.3 Å². The van der Waals surface area contributed by atoms with Crippen molar-refractivity contribution in [3.05, 3.63) is 54.6 Å². The number of aromatic nitrogens is 5. The number of nitrogens with zero attached hydrogens (tertiary/aromatic N) is 4. The molecule has 0 atom stereocenters. The highest BCUT2D eigenvalue weighted by molar-refractivity contribution is 7.99. The summed E-state index contributed by atoms with van der Waals surface area (Å²) >= 11 is 1.19. The van der Waals surface area contributed by atoms with Crippen molar-refractivity contribution in [3.63, 3.8) is 0 Å². The highest BCUT2D eigenvalue weighted by Gasteiger charge is 2.16. The van der Waals surface area contributed by atoms with Crippen LogP contribution in [0.25, 0.3) is 22.8 Å². The van der Waals surface area contributed by atoms with Gasteiger partial charge in [-0.15, -0.1) is 10.2 Å². The van der Waals surface area contributed by atoms with Crippen LogP contribution in [0.1, 0.15) is 6.92 Å². The molecule has 0 aliphatic carbocycles. The lowest BCUT2D eigenvalue weighted by Crippen LogP contribution is -2.16. The summed E-state index contributed by atoms with van der Waals surface area (Å²) in [5, 5.41) is 18.7. The van der Waals surface area contributed by atoms with Gasteiger partial charge in [-0.2, -0.15) is 5.10 Å². The summed E-state index contributed by atoms with van der Waals surface area (Å²) in [7, 11) is 1.62. The third-order valence-corrected chi connectivity index (χ3v) is 5.59. The first kappa shape index (κ1) is 22.2. The SMILES string of the molecule is CCOc1ccc(NC(=O)CSc2nnc(-c3cc(-c4ccc(OC)cc4)n[nH]3)n2N)cc1. The number of benzene rings is 2. The molecule has 4 rings (SSSR count). The molecule has 4 aromatic rings. The Morgan fingerprint density at radius 1 is 1.12 bits per heavy atom. The second kappa shape index (κ2) is 10.1. The van der Waals surface area contributed by atoms with Gasteiger partial charge >= 0.3 is 0 Å². The molecular weight excluding hydrogens is 442 g/mol. The number of nitrogens with one attached hydrogen (secondary N) is 2. The minimum atomic E-state index is -0.183. The number of carbonyl (C=O) groups excluding carboxylic acids is 1. The number of nitrogen functional groups attached to an aromatic ring is 1. The summed E-state index contributed by atoms with van der Waals surface area (Å²) in [6, 6.07) is 16.6. The molecule has 0 unspecified atom stereocenters. The van der Waals surface area contributed by atoms with Crippen molar-refractivity contribution in [2.75, 3.05) is 30.6 Å². The molecule has 0 aliphatic rings. The second-order valence-electron chi connectivity index (χ2n) is 6.87. The van der Waals surface area contributed by atoms with Gasteiger partial charge in [0.1, 0.15) is 17.2 Å². The number of hydrogen-bond acceptors (Lipinski definition) is 8. The number of ether oxygens (including phenoxy) is 2. The van der Waals surface area contributed by atoms with Crippen LogP contribution in [0.3, 0.4) is 0 Å². The predicted molar refractivity (Wildman–Crippen MR) is 127 cm³/mol. The summed E-state index contributed by atoms with van der Waals surface area (Å²) < 4.78 is 11.9. The van der Waals surface area contributed by atoms with E-state index in [1.807, 2.05) is 37.3 Å². The molecule has 2 aromatic carbocycles. The van der Waals surface area contributed by atoms with Gasteiger partial charge in [0.15, 0.2) is 0 Å². The first-order chi connectivity index (χ1) is 16.1. The number of amides is 1. The Morgan fingerprint density at radius 2 is 1.85 bits per heavy atom. The van der Waals surface area contributed by atoms with E-state index in [1.54, 1.807) is 31.4 Å². The van der Waals surface area contributed by atoms with Crippen LogP contribution in [0.4, 0.5) is 5.69 Å². The van der Waals surface area contributed by atoms with E-state index < -0.39 is 0 Å². The normalized spacial score (nSPS) is 10.7. The third-order valence-electron chi connectivity index (χ3n) is 4.65. The smallest absolute Gasteiger partial charge is 0.234 e. The molecular formula is C22H23N7O3S. The molecule has 0 saturated heterocycles. The maximum atomic E-state index is 12.3. The van der Waals surface area contributed by atoms with Crippen molar-refractivity contribution in [2.45, 2.75) is 12.1 Å². The Labute approximate surface area is 194 Å². The van der Waals surface area contributed by atoms with Gasteiger partial charge in [0, 0.05) is 11.3 Å². The molecule has 0 saturated carbocycles. The van der Waals surface area contributed by atoms with Gasteiger partial charge in [-0.1, -0.05) is 11.8 Å². The first-order valence-corrected chi connectivity index (χ1v) is 11.1. The molecule has 0 spiro atoms. The molecule has 2 aromatic heterocycles. The van der Waals surface area contributed by atoms with E-state index in [0.717, 1.165) is 22.8 Å². The van der Waals surface area contributed by atoms with Crippen LogP contribution in [0.5, 0.6) is 11.5 Å². The molecule has 0 bridgehead atoms. The summed E-state index contributed by atoms with van der Waals surface area (Å²) in [5.74, 6) is 8.04. The van der Waals surface area contributed by atoms with Crippen LogP contribution in [-0.2, 0) is 4.79 Å². The number of carbonyl (C=O) groups is 1. The van der Waals surface area contributed by atoms with Crippen molar-refractivity contribution in [2.24, 2.45) is 0 Å². The zero-order valence-corrected chi connectivity index (χ0v) is 18.9. The predicted octanol–water partition coefficient (Wildman–Crippen LogP) is 3.19. The molecule has 33 heavy (non-hydrogen) atoms. The van der Waals surface area contributed by atoms with Gasteiger partial charge < -0.3 is 20.6 Å². The minimum absolute atomic E-state index is 0.128. The number of nitrogens with two attached hydrogens (primary N) is 1. The lowest BCUT2D eigenvalue weighted by Gasteiger charge is -2.07. The Hall–Kier alpha value is -3.99. The number of methoxy groups -OCH3 is 1. The van der Waals surface area contributed by atoms with E-state index in [9.17, 15) is 4.79 Å². The summed E-state index contributed by atoms with van der Waals surface area (Å²) in [4.78, 5) is 12.3. The van der Waals surface area contributed by atoms with Gasteiger partial charge in [0.05, 0.1) is 25.2 Å². The summed E-state index contributed by atoms with van der Waals surface area (Å²) in [5.41, 5.74) is 2.95. The van der Waals surface area contributed by atoms with Gasteiger partial charge in [-0.3, -0.25) is 9.89 Å². The van der Waals surface area contributed by atoms with Crippen molar-refractivity contribution in [3.8, 4) is 34.3 Å². The van der Waals surface area contributed by atoms with Crippen molar-refractivity contribution in [1.82, 2.24) is 25.1 Å². The number of rotatable bonds is 9. The topological polar surface area (TPSA) is 133 Å². The average molecular weight is 466 g/mol. The highest BCUT2D eigenvalue weighted by Crippen LogP contribution is 2.26. The van der Waals surface area contributed by atoms with Gasteiger partial charge in [0.25, 0.3) is 0 Å². The molecule has 0 radical (unpaired) electrons. The lowest BCUT2D eigenvalue weighted by atomic mass is 10.1. The van der Waals surface area contributed by atoms with Crippen LogP contribution in [0.15, 0.2) is 59.8 Å². The molecule has 170 valence electrons. The fourth-order valence-electron chi connectivity index (χ4n) is 3.03. The Bertz CT molecular complexity index is 1220. The van der Waals surface area contributed by atoms with E-state index in [4.69, 9.17) is 15.3 Å². The van der Waals surface area contributed by atoms with E-state index >= 15 is 0 Å². The molecule has 11 heteroatoms. The van der Waals surface area contributed by atoms with Gasteiger partial charge in [0.2, 0.25) is 16.9 Å². The number of H-pyrrole nitrogens is 1.